The number of carbonyl (C=O) groups excluding carboxylic acids is 1. The van der Waals surface area contributed by atoms with Crippen LogP contribution in [0.4, 0.5) is 4.79 Å². The molecule has 0 saturated carbocycles. The number of carboxylic acid groups (broad SMARTS) is 1. The van der Waals surface area contributed by atoms with Crippen LogP contribution in [0.1, 0.15) is 31.2 Å². The summed E-state index contributed by atoms with van der Waals surface area (Å²) in [6.45, 7) is 0.653. The van der Waals surface area contributed by atoms with Gasteiger partial charge in [-0.3, -0.25) is 4.79 Å². The van der Waals surface area contributed by atoms with Gasteiger partial charge in [0.1, 0.15) is 0 Å². The van der Waals surface area contributed by atoms with Crippen molar-refractivity contribution in [1.82, 2.24) is 10.2 Å². The van der Waals surface area contributed by atoms with Crippen LogP contribution >= 0.6 is 11.8 Å². The lowest BCUT2D eigenvalue weighted by Crippen LogP contribution is -2.37. The van der Waals surface area contributed by atoms with Crippen LogP contribution in [0.15, 0.2) is 30.3 Å². The van der Waals surface area contributed by atoms with E-state index in [0.29, 0.717) is 18.2 Å². The molecular formula is C17H22N2O3S. The smallest absolute Gasteiger partial charge is 0.318 e. The number of fused-ring (bicyclic) bond motifs is 1. The SMILES string of the molecule is O=C(O)CCCCC1SCC2C1NC(=O)N2Cc1ccccc1. The Morgan fingerprint density at radius 2 is 2.09 bits per heavy atom. The minimum Gasteiger partial charge on any atom is -0.481 e. The summed E-state index contributed by atoms with van der Waals surface area (Å²) in [4.78, 5) is 24.8. The molecule has 2 fully saturated rings. The van der Waals surface area contributed by atoms with Gasteiger partial charge >= 0.3 is 12.0 Å². The van der Waals surface area contributed by atoms with Crippen LogP contribution in [0.25, 0.3) is 0 Å². The van der Waals surface area contributed by atoms with Crippen molar-refractivity contribution < 1.29 is 14.7 Å². The number of carboxylic acids is 1. The fourth-order valence-corrected chi connectivity index (χ4v) is 5.00. The molecule has 6 heteroatoms. The molecule has 2 saturated heterocycles. The Labute approximate surface area is 140 Å². The molecule has 124 valence electrons. The highest BCUT2D eigenvalue weighted by molar-refractivity contribution is 8.00. The standard InChI is InChI=1S/C17H22N2O3S/c20-15(21)9-5-4-8-14-16-13(11-23-14)19(17(22)18-16)10-12-6-2-1-3-7-12/h1-3,6-7,13-14,16H,4-5,8-11H2,(H,18,22)(H,20,21). The molecule has 0 spiro atoms. The third-order valence-electron chi connectivity index (χ3n) is 4.57. The van der Waals surface area contributed by atoms with E-state index in [1.807, 2.05) is 47.0 Å². The third-order valence-corrected chi connectivity index (χ3v) is 6.06. The molecule has 1 aromatic rings. The maximum Gasteiger partial charge on any atom is 0.318 e. The molecule has 0 aromatic heterocycles. The number of rotatable bonds is 7. The van der Waals surface area contributed by atoms with Crippen LogP contribution in [0.2, 0.25) is 0 Å². The monoisotopic (exact) mass is 334 g/mol. The molecule has 0 bridgehead atoms. The van der Waals surface area contributed by atoms with E-state index < -0.39 is 5.97 Å². The highest BCUT2D eigenvalue weighted by Crippen LogP contribution is 2.37. The largest absolute Gasteiger partial charge is 0.481 e. The molecule has 1 aromatic carbocycles. The van der Waals surface area contributed by atoms with Crippen molar-refractivity contribution in [1.29, 1.82) is 0 Å². The molecule has 5 nitrogen and oxygen atoms in total. The molecule has 3 rings (SSSR count). The van der Waals surface area contributed by atoms with Crippen LogP contribution in [-0.4, -0.2) is 45.1 Å². The average Bonchev–Trinajstić information content (AvgIpc) is 3.05. The Bertz CT molecular complexity index is 566. The number of urea groups is 1. The van der Waals surface area contributed by atoms with Gasteiger partial charge in [-0.1, -0.05) is 36.8 Å². The van der Waals surface area contributed by atoms with Crippen molar-refractivity contribution in [2.75, 3.05) is 5.75 Å². The van der Waals surface area contributed by atoms with Crippen molar-refractivity contribution in [3.05, 3.63) is 35.9 Å². The number of hydrogen-bond donors (Lipinski definition) is 2. The molecule has 23 heavy (non-hydrogen) atoms. The summed E-state index contributed by atoms with van der Waals surface area (Å²) in [5.74, 6) is 0.227. The van der Waals surface area contributed by atoms with E-state index in [4.69, 9.17) is 5.11 Å². The van der Waals surface area contributed by atoms with Gasteiger partial charge in [0.05, 0.1) is 12.1 Å². The summed E-state index contributed by atoms with van der Waals surface area (Å²) in [6.07, 6.45) is 2.82. The average molecular weight is 334 g/mol. The zero-order chi connectivity index (χ0) is 16.2. The fraction of sp³-hybridized carbons (Fsp3) is 0.529. The quantitative estimate of drug-likeness (QED) is 0.594. The maximum atomic E-state index is 12.3. The van der Waals surface area contributed by atoms with Crippen molar-refractivity contribution >= 4 is 23.8 Å². The third kappa shape index (κ3) is 3.80. The molecule has 0 aliphatic carbocycles. The highest BCUT2D eigenvalue weighted by Gasteiger charge is 2.47. The van der Waals surface area contributed by atoms with Crippen LogP contribution in [-0.2, 0) is 11.3 Å². The molecule has 2 amide bonds. The zero-order valence-corrected chi connectivity index (χ0v) is 13.8. The van der Waals surface area contributed by atoms with Gasteiger partial charge in [-0.2, -0.15) is 11.8 Å². The topological polar surface area (TPSA) is 69.6 Å². The predicted octanol–water partition coefficient (Wildman–Crippen LogP) is 2.71. The van der Waals surface area contributed by atoms with Crippen molar-refractivity contribution in [3.8, 4) is 0 Å². The molecule has 2 aliphatic heterocycles. The van der Waals surface area contributed by atoms with Crippen LogP contribution in [0.3, 0.4) is 0 Å². The molecule has 2 N–H and O–H groups in total. The van der Waals surface area contributed by atoms with E-state index in [1.165, 1.54) is 0 Å². The van der Waals surface area contributed by atoms with E-state index >= 15 is 0 Å². The van der Waals surface area contributed by atoms with Crippen LogP contribution < -0.4 is 5.32 Å². The lowest BCUT2D eigenvalue weighted by atomic mass is 10.0. The van der Waals surface area contributed by atoms with Gasteiger partial charge in [0.15, 0.2) is 0 Å². The highest BCUT2D eigenvalue weighted by atomic mass is 32.2. The summed E-state index contributed by atoms with van der Waals surface area (Å²) in [7, 11) is 0. The lowest BCUT2D eigenvalue weighted by molar-refractivity contribution is -0.137. The van der Waals surface area contributed by atoms with Gasteiger partial charge in [0.25, 0.3) is 0 Å². The van der Waals surface area contributed by atoms with Crippen molar-refractivity contribution in [2.45, 2.75) is 49.6 Å². The zero-order valence-electron chi connectivity index (χ0n) is 13.0. The maximum absolute atomic E-state index is 12.3. The predicted molar refractivity (Wildman–Crippen MR) is 90.4 cm³/mol. The van der Waals surface area contributed by atoms with E-state index in [0.717, 1.165) is 24.2 Å². The van der Waals surface area contributed by atoms with Crippen molar-refractivity contribution in [3.63, 3.8) is 0 Å². The minimum atomic E-state index is -0.731. The van der Waals surface area contributed by atoms with Crippen LogP contribution in [0.5, 0.6) is 0 Å². The summed E-state index contributed by atoms with van der Waals surface area (Å²) in [6, 6.07) is 10.5. The van der Waals surface area contributed by atoms with E-state index in [1.54, 1.807) is 0 Å². The fourth-order valence-electron chi connectivity index (χ4n) is 3.38. The first kappa shape index (κ1) is 16.2. The molecule has 0 radical (unpaired) electrons. The Hall–Kier alpha value is -1.69. The van der Waals surface area contributed by atoms with Gasteiger partial charge < -0.3 is 15.3 Å². The number of unbranched alkanes of at least 4 members (excludes halogenated alkanes) is 1. The van der Waals surface area contributed by atoms with E-state index in [-0.39, 0.29) is 24.5 Å². The number of aliphatic carboxylic acids is 1. The van der Waals surface area contributed by atoms with Gasteiger partial charge in [0, 0.05) is 24.0 Å². The molecular weight excluding hydrogens is 312 g/mol. The molecule has 2 heterocycles. The van der Waals surface area contributed by atoms with Gasteiger partial charge in [0.2, 0.25) is 0 Å². The normalized spacial score (nSPS) is 26.2. The number of benzene rings is 1. The second kappa shape index (κ2) is 7.25. The Morgan fingerprint density at radius 3 is 2.83 bits per heavy atom. The summed E-state index contributed by atoms with van der Waals surface area (Å²) < 4.78 is 0. The summed E-state index contributed by atoms with van der Waals surface area (Å²) in [5, 5.41) is 12.2. The van der Waals surface area contributed by atoms with Crippen LogP contribution in [0, 0.1) is 0 Å². The number of hydrogen-bond acceptors (Lipinski definition) is 3. The van der Waals surface area contributed by atoms with Gasteiger partial charge in [-0.15, -0.1) is 0 Å². The second-order valence-electron chi connectivity index (χ2n) is 6.17. The summed E-state index contributed by atoms with van der Waals surface area (Å²) >= 11 is 1.91. The lowest BCUT2D eigenvalue weighted by Gasteiger charge is -2.22. The minimum absolute atomic E-state index is 0.0275. The van der Waals surface area contributed by atoms with Crippen molar-refractivity contribution in [2.24, 2.45) is 0 Å². The number of carbonyl (C=O) groups is 2. The van der Waals surface area contributed by atoms with E-state index in [2.05, 4.69) is 5.32 Å². The Morgan fingerprint density at radius 1 is 1.30 bits per heavy atom. The first-order chi connectivity index (χ1) is 11.1. The van der Waals surface area contributed by atoms with Gasteiger partial charge in [-0.05, 0) is 18.4 Å². The number of thioether (sulfide) groups is 1. The molecule has 3 unspecified atom stereocenters. The number of amides is 2. The second-order valence-corrected chi connectivity index (χ2v) is 7.44. The first-order valence-corrected chi connectivity index (χ1v) is 9.14. The number of nitrogens with one attached hydrogen (secondary N) is 1. The van der Waals surface area contributed by atoms with Gasteiger partial charge in [-0.25, -0.2) is 4.79 Å². The Balaban J connectivity index is 1.55. The van der Waals surface area contributed by atoms with E-state index in [9.17, 15) is 9.59 Å². The summed E-state index contributed by atoms with van der Waals surface area (Å²) in [5.41, 5.74) is 1.15. The molecule has 2 aliphatic rings. The molecule has 3 atom stereocenters. The number of nitrogens with zero attached hydrogens (tertiary/aromatic N) is 1. The first-order valence-electron chi connectivity index (χ1n) is 8.09. The Kier molecular flexibility index (Phi) is 5.10.